The fourth-order valence-corrected chi connectivity index (χ4v) is 2.19. The van der Waals surface area contributed by atoms with E-state index >= 15 is 0 Å². The Morgan fingerprint density at radius 3 is 2.60 bits per heavy atom. The maximum absolute atomic E-state index is 11.8. The van der Waals surface area contributed by atoms with Crippen molar-refractivity contribution < 1.29 is 9.53 Å². The molecular formula is C15H16N2O2S. The van der Waals surface area contributed by atoms with Crippen LogP contribution in [0.15, 0.2) is 47.6 Å². The predicted molar refractivity (Wildman–Crippen MR) is 81.3 cm³/mol. The molecule has 2 aromatic rings. The number of aromatic nitrogens is 1. The Hall–Kier alpha value is -2.01. The van der Waals surface area contributed by atoms with Gasteiger partial charge in [-0.2, -0.15) is 0 Å². The molecule has 20 heavy (non-hydrogen) atoms. The summed E-state index contributed by atoms with van der Waals surface area (Å²) in [5, 5.41) is 3.68. The van der Waals surface area contributed by atoms with Crippen LogP contribution in [0.2, 0.25) is 0 Å². The summed E-state index contributed by atoms with van der Waals surface area (Å²) in [7, 11) is 1.61. The number of benzene rings is 1. The van der Waals surface area contributed by atoms with Crippen LogP contribution in [-0.2, 0) is 4.79 Å². The largest absolute Gasteiger partial charge is 0.497 e. The van der Waals surface area contributed by atoms with E-state index in [0.29, 0.717) is 5.75 Å². The molecule has 0 radical (unpaired) electrons. The Labute approximate surface area is 122 Å². The molecule has 0 aliphatic rings. The lowest BCUT2D eigenvalue weighted by Crippen LogP contribution is -2.13. The topological polar surface area (TPSA) is 51.2 Å². The van der Waals surface area contributed by atoms with Crippen LogP contribution >= 0.6 is 11.8 Å². The Kier molecular flexibility index (Phi) is 5.01. The molecule has 0 atom stereocenters. The first-order chi connectivity index (χ1) is 9.67. The molecule has 0 aliphatic heterocycles. The lowest BCUT2D eigenvalue weighted by atomic mass is 10.3. The second kappa shape index (κ2) is 6.96. The van der Waals surface area contributed by atoms with Gasteiger partial charge in [0.05, 0.1) is 17.9 Å². The smallest absolute Gasteiger partial charge is 0.234 e. The van der Waals surface area contributed by atoms with Crippen molar-refractivity contribution in [3.05, 3.63) is 48.2 Å². The summed E-state index contributed by atoms with van der Waals surface area (Å²) in [6.07, 6.45) is 1.80. The number of anilines is 1. The van der Waals surface area contributed by atoms with Crippen molar-refractivity contribution in [3.8, 4) is 5.75 Å². The van der Waals surface area contributed by atoms with Crippen molar-refractivity contribution in [2.75, 3.05) is 18.2 Å². The van der Waals surface area contributed by atoms with Gasteiger partial charge in [0.1, 0.15) is 5.75 Å². The fraction of sp³-hybridized carbons (Fsp3) is 0.200. The van der Waals surface area contributed by atoms with Gasteiger partial charge in [-0.3, -0.25) is 4.79 Å². The first-order valence-corrected chi connectivity index (χ1v) is 7.15. The van der Waals surface area contributed by atoms with Crippen LogP contribution in [-0.4, -0.2) is 23.8 Å². The lowest BCUT2D eigenvalue weighted by molar-refractivity contribution is -0.113. The first-order valence-electron chi connectivity index (χ1n) is 6.17. The van der Waals surface area contributed by atoms with Crippen molar-refractivity contribution in [2.24, 2.45) is 0 Å². The number of aryl methyl sites for hydroxylation is 1. The van der Waals surface area contributed by atoms with Crippen LogP contribution in [0.25, 0.3) is 0 Å². The van der Waals surface area contributed by atoms with E-state index in [1.807, 2.05) is 43.3 Å². The molecule has 2 rings (SSSR count). The number of hydrogen-bond donors (Lipinski definition) is 1. The second-order valence-corrected chi connectivity index (χ2v) is 5.23. The van der Waals surface area contributed by atoms with E-state index in [1.165, 1.54) is 11.8 Å². The fourth-order valence-electron chi connectivity index (χ4n) is 1.55. The Morgan fingerprint density at radius 2 is 2.00 bits per heavy atom. The van der Waals surface area contributed by atoms with E-state index in [4.69, 9.17) is 4.74 Å². The molecule has 1 amide bonds. The molecule has 0 unspecified atom stereocenters. The minimum Gasteiger partial charge on any atom is -0.497 e. The molecule has 0 fully saturated rings. The molecule has 1 heterocycles. The number of ether oxygens (including phenoxy) is 1. The molecule has 1 aromatic carbocycles. The summed E-state index contributed by atoms with van der Waals surface area (Å²) in [5.74, 6) is 1.05. The third kappa shape index (κ3) is 4.28. The normalized spacial score (nSPS) is 10.1. The molecule has 104 valence electrons. The monoisotopic (exact) mass is 288 g/mol. The third-order valence-electron chi connectivity index (χ3n) is 2.61. The van der Waals surface area contributed by atoms with Gasteiger partial charge in [0.2, 0.25) is 5.91 Å². The van der Waals surface area contributed by atoms with Crippen LogP contribution in [0.1, 0.15) is 5.56 Å². The van der Waals surface area contributed by atoms with Crippen LogP contribution in [0, 0.1) is 6.92 Å². The zero-order valence-corrected chi connectivity index (χ0v) is 12.2. The van der Waals surface area contributed by atoms with Gasteiger partial charge in [-0.1, -0.05) is 17.8 Å². The SMILES string of the molecule is COc1ccc(NC(=O)CSc2ccc(C)cn2)cc1. The average molecular weight is 288 g/mol. The van der Waals surface area contributed by atoms with Crippen LogP contribution in [0.3, 0.4) is 0 Å². The van der Waals surface area contributed by atoms with Crippen molar-refractivity contribution >= 4 is 23.4 Å². The zero-order chi connectivity index (χ0) is 14.4. The van der Waals surface area contributed by atoms with E-state index in [-0.39, 0.29) is 5.91 Å². The minimum atomic E-state index is -0.0532. The molecule has 0 spiro atoms. The summed E-state index contributed by atoms with van der Waals surface area (Å²) >= 11 is 1.42. The highest BCUT2D eigenvalue weighted by Gasteiger charge is 2.04. The molecule has 0 bridgehead atoms. The standard InChI is InChI=1S/C15H16N2O2S/c1-11-3-8-15(16-9-11)20-10-14(18)17-12-4-6-13(19-2)7-5-12/h3-9H,10H2,1-2H3,(H,17,18). The second-order valence-electron chi connectivity index (χ2n) is 4.24. The number of methoxy groups -OCH3 is 1. The average Bonchev–Trinajstić information content (AvgIpc) is 2.47. The summed E-state index contributed by atoms with van der Waals surface area (Å²) in [6.45, 7) is 1.98. The Bertz CT molecular complexity index is 567. The van der Waals surface area contributed by atoms with Gasteiger partial charge in [0.25, 0.3) is 0 Å². The first kappa shape index (κ1) is 14.4. The Morgan fingerprint density at radius 1 is 1.25 bits per heavy atom. The van der Waals surface area contributed by atoms with Gasteiger partial charge in [-0.05, 0) is 42.8 Å². The summed E-state index contributed by atoms with van der Waals surface area (Å²) < 4.78 is 5.06. The van der Waals surface area contributed by atoms with E-state index in [2.05, 4.69) is 10.3 Å². The Balaban J connectivity index is 1.84. The van der Waals surface area contributed by atoms with E-state index in [1.54, 1.807) is 13.3 Å². The number of carbonyl (C=O) groups excluding carboxylic acids is 1. The summed E-state index contributed by atoms with van der Waals surface area (Å²) in [5.41, 5.74) is 1.87. The molecule has 0 aliphatic carbocycles. The number of thioether (sulfide) groups is 1. The number of nitrogens with one attached hydrogen (secondary N) is 1. The number of carbonyl (C=O) groups is 1. The minimum absolute atomic E-state index is 0.0532. The lowest BCUT2D eigenvalue weighted by Gasteiger charge is -2.06. The highest BCUT2D eigenvalue weighted by molar-refractivity contribution is 7.99. The van der Waals surface area contributed by atoms with E-state index in [0.717, 1.165) is 22.0 Å². The quantitative estimate of drug-likeness (QED) is 0.859. The van der Waals surface area contributed by atoms with Crippen molar-refractivity contribution in [1.29, 1.82) is 0 Å². The third-order valence-corrected chi connectivity index (χ3v) is 3.55. The van der Waals surface area contributed by atoms with Gasteiger partial charge >= 0.3 is 0 Å². The van der Waals surface area contributed by atoms with Crippen molar-refractivity contribution in [1.82, 2.24) is 4.98 Å². The molecule has 1 aromatic heterocycles. The summed E-state index contributed by atoms with van der Waals surface area (Å²) in [6, 6.07) is 11.1. The molecule has 5 heteroatoms. The van der Waals surface area contributed by atoms with Crippen LogP contribution in [0.4, 0.5) is 5.69 Å². The number of pyridine rings is 1. The molecule has 1 N–H and O–H groups in total. The zero-order valence-electron chi connectivity index (χ0n) is 11.4. The van der Waals surface area contributed by atoms with Crippen molar-refractivity contribution in [3.63, 3.8) is 0 Å². The number of rotatable bonds is 5. The van der Waals surface area contributed by atoms with E-state index < -0.39 is 0 Å². The van der Waals surface area contributed by atoms with E-state index in [9.17, 15) is 4.79 Å². The molecular weight excluding hydrogens is 272 g/mol. The van der Waals surface area contributed by atoms with Gasteiger partial charge in [0.15, 0.2) is 0 Å². The highest BCUT2D eigenvalue weighted by atomic mass is 32.2. The van der Waals surface area contributed by atoms with Gasteiger partial charge in [0, 0.05) is 11.9 Å². The van der Waals surface area contributed by atoms with Crippen molar-refractivity contribution in [2.45, 2.75) is 11.9 Å². The molecule has 0 saturated carbocycles. The van der Waals surface area contributed by atoms with Crippen LogP contribution < -0.4 is 10.1 Å². The molecule has 0 saturated heterocycles. The van der Waals surface area contributed by atoms with Crippen LogP contribution in [0.5, 0.6) is 5.75 Å². The van der Waals surface area contributed by atoms with Gasteiger partial charge in [-0.25, -0.2) is 4.98 Å². The number of amides is 1. The molecule has 4 nitrogen and oxygen atoms in total. The number of nitrogens with zero attached hydrogens (tertiary/aromatic N) is 1. The van der Waals surface area contributed by atoms with Gasteiger partial charge < -0.3 is 10.1 Å². The maximum Gasteiger partial charge on any atom is 0.234 e. The summed E-state index contributed by atoms with van der Waals surface area (Å²) in [4.78, 5) is 16.1. The predicted octanol–water partition coefficient (Wildman–Crippen LogP) is 3.13. The highest BCUT2D eigenvalue weighted by Crippen LogP contribution is 2.17. The van der Waals surface area contributed by atoms with Gasteiger partial charge in [-0.15, -0.1) is 0 Å². The maximum atomic E-state index is 11.8. The number of hydrogen-bond acceptors (Lipinski definition) is 4.